The number of carboxylic acids is 1. The van der Waals surface area contributed by atoms with Crippen LogP contribution in [0.15, 0.2) is 35.0 Å². The number of allylic oxidation sites excluding steroid dienone is 1. The number of esters is 1. The van der Waals surface area contributed by atoms with Crippen molar-refractivity contribution in [2.45, 2.75) is 55.9 Å². The van der Waals surface area contributed by atoms with Crippen LogP contribution >= 0.6 is 11.8 Å². The number of fused-ring (bicyclic) bond motifs is 2. The van der Waals surface area contributed by atoms with E-state index in [2.05, 4.69) is 12.1 Å². The molecule has 6 nitrogen and oxygen atoms in total. The monoisotopic (exact) mass is 403 g/mol. The zero-order valence-electron chi connectivity index (χ0n) is 16.1. The van der Waals surface area contributed by atoms with E-state index in [1.165, 1.54) is 17.6 Å². The number of carbonyl (C=O) groups excluding carboxylic acids is 1. The van der Waals surface area contributed by atoms with Crippen LogP contribution in [-0.2, 0) is 14.4 Å². The van der Waals surface area contributed by atoms with Crippen LogP contribution in [0.4, 0.5) is 0 Å². The van der Waals surface area contributed by atoms with Gasteiger partial charge in [0.25, 0.3) is 0 Å². The highest BCUT2D eigenvalue weighted by molar-refractivity contribution is 8.01. The Morgan fingerprint density at radius 1 is 1.29 bits per heavy atom. The molecule has 0 radical (unpaired) electrons. The van der Waals surface area contributed by atoms with E-state index in [0.29, 0.717) is 16.2 Å². The largest absolute Gasteiger partial charge is 0.481 e. The molecule has 1 aromatic rings. The number of aliphatic carboxylic acids is 1. The molecule has 7 heteroatoms. The average Bonchev–Trinajstić information content (AvgIpc) is 3.06. The number of carbonyl (C=O) groups is 2. The van der Waals surface area contributed by atoms with E-state index in [9.17, 15) is 9.59 Å². The van der Waals surface area contributed by atoms with Gasteiger partial charge in [-0.05, 0) is 54.5 Å². The quantitative estimate of drug-likeness (QED) is 0.302. The summed E-state index contributed by atoms with van der Waals surface area (Å²) in [6.45, 7) is 2.08. The molecule has 0 aromatic heterocycles. The molecule has 2 bridgehead atoms. The molecule has 150 valence electrons. The molecular formula is C21H25NO5S. The lowest BCUT2D eigenvalue weighted by Crippen LogP contribution is -2.19. The first-order valence-corrected chi connectivity index (χ1v) is 10.5. The SMILES string of the molecule is CCC(=NOC)C1=C(c2cccc(OC(=O)CCC(=O)O)c2)CC2CC[C@@H]1S2. The van der Waals surface area contributed by atoms with Crippen molar-refractivity contribution in [3.05, 3.63) is 35.4 Å². The molecule has 0 spiro atoms. The summed E-state index contributed by atoms with van der Waals surface area (Å²) >= 11 is 2.02. The van der Waals surface area contributed by atoms with Gasteiger partial charge in [0.05, 0.1) is 18.6 Å². The van der Waals surface area contributed by atoms with Crippen molar-refractivity contribution in [1.82, 2.24) is 0 Å². The second-order valence-corrected chi connectivity index (χ2v) is 8.40. The number of oxime groups is 1. The third-order valence-corrected chi connectivity index (χ3v) is 6.58. The maximum atomic E-state index is 11.9. The normalized spacial score (nSPS) is 21.6. The van der Waals surface area contributed by atoms with E-state index < -0.39 is 11.9 Å². The molecule has 2 aliphatic rings. The molecular weight excluding hydrogens is 378 g/mol. The fraction of sp³-hybridized carbons (Fsp3) is 0.476. The lowest BCUT2D eigenvalue weighted by Gasteiger charge is -2.27. The third kappa shape index (κ3) is 4.76. The predicted molar refractivity (Wildman–Crippen MR) is 110 cm³/mol. The lowest BCUT2D eigenvalue weighted by molar-refractivity contribution is -0.142. The highest BCUT2D eigenvalue weighted by atomic mass is 32.2. The van der Waals surface area contributed by atoms with E-state index in [4.69, 9.17) is 14.7 Å². The first-order chi connectivity index (χ1) is 13.5. The van der Waals surface area contributed by atoms with Crippen molar-refractivity contribution in [3.63, 3.8) is 0 Å². The van der Waals surface area contributed by atoms with E-state index in [0.717, 1.165) is 30.5 Å². The van der Waals surface area contributed by atoms with Crippen molar-refractivity contribution in [1.29, 1.82) is 0 Å². The number of thioether (sulfide) groups is 1. The van der Waals surface area contributed by atoms with Crippen LogP contribution in [0.3, 0.4) is 0 Å². The van der Waals surface area contributed by atoms with Gasteiger partial charge in [-0.25, -0.2) is 0 Å². The molecule has 2 aliphatic heterocycles. The Morgan fingerprint density at radius 3 is 2.82 bits per heavy atom. The number of nitrogens with zero attached hydrogens (tertiary/aromatic N) is 1. The van der Waals surface area contributed by atoms with Gasteiger partial charge in [-0.1, -0.05) is 24.2 Å². The molecule has 1 unspecified atom stereocenters. The van der Waals surface area contributed by atoms with Gasteiger partial charge in [0.1, 0.15) is 12.9 Å². The topological polar surface area (TPSA) is 85.2 Å². The molecule has 3 rings (SSSR count). The summed E-state index contributed by atoms with van der Waals surface area (Å²) in [7, 11) is 1.57. The zero-order valence-corrected chi connectivity index (χ0v) is 17.0. The fourth-order valence-corrected chi connectivity index (χ4v) is 5.47. The first-order valence-electron chi connectivity index (χ1n) is 9.53. The summed E-state index contributed by atoms with van der Waals surface area (Å²) in [6, 6.07) is 7.48. The Hall–Kier alpha value is -2.28. The second kappa shape index (κ2) is 9.28. The molecule has 1 fully saturated rings. The molecule has 0 amide bonds. The smallest absolute Gasteiger partial charge is 0.311 e. The van der Waals surface area contributed by atoms with E-state index in [1.807, 2.05) is 30.0 Å². The Kier molecular flexibility index (Phi) is 6.78. The van der Waals surface area contributed by atoms with Crippen LogP contribution in [0.25, 0.3) is 5.57 Å². The van der Waals surface area contributed by atoms with Crippen molar-refractivity contribution < 1.29 is 24.3 Å². The number of carboxylic acid groups (broad SMARTS) is 1. The van der Waals surface area contributed by atoms with Gasteiger partial charge in [-0.2, -0.15) is 0 Å². The average molecular weight is 404 g/mol. The minimum Gasteiger partial charge on any atom is -0.481 e. The molecule has 0 aliphatic carbocycles. The second-order valence-electron chi connectivity index (χ2n) is 6.89. The van der Waals surface area contributed by atoms with E-state index in [-0.39, 0.29) is 12.8 Å². The maximum Gasteiger partial charge on any atom is 0.311 e. The molecule has 0 saturated carbocycles. The lowest BCUT2D eigenvalue weighted by atomic mass is 9.91. The van der Waals surface area contributed by atoms with E-state index >= 15 is 0 Å². The molecule has 1 aromatic carbocycles. The summed E-state index contributed by atoms with van der Waals surface area (Å²) in [5.41, 5.74) is 4.48. The number of hydrogen-bond donors (Lipinski definition) is 1. The van der Waals surface area contributed by atoms with Crippen molar-refractivity contribution in [3.8, 4) is 5.75 Å². The van der Waals surface area contributed by atoms with Crippen LogP contribution in [0, 0.1) is 0 Å². The Morgan fingerprint density at radius 2 is 2.11 bits per heavy atom. The number of ether oxygens (including phenoxy) is 1. The number of hydrogen-bond acceptors (Lipinski definition) is 6. The van der Waals surface area contributed by atoms with Crippen LogP contribution < -0.4 is 4.74 Å². The first kappa shape index (κ1) is 20.5. The van der Waals surface area contributed by atoms with Crippen molar-refractivity contribution in [2.24, 2.45) is 5.16 Å². The summed E-state index contributed by atoms with van der Waals surface area (Å²) in [4.78, 5) is 27.6. The molecule has 1 saturated heterocycles. The van der Waals surface area contributed by atoms with Crippen LogP contribution in [0.1, 0.15) is 51.0 Å². The molecule has 1 N–H and O–H groups in total. The Balaban J connectivity index is 1.90. The van der Waals surface area contributed by atoms with Gasteiger partial charge in [-0.3, -0.25) is 9.59 Å². The third-order valence-electron chi connectivity index (χ3n) is 4.99. The molecule has 2 heterocycles. The van der Waals surface area contributed by atoms with Gasteiger partial charge < -0.3 is 14.7 Å². The van der Waals surface area contributed by atoms with Crippen molar-refractivity contribution >= 4 is 35.0 Å². The van der Waals surface area contributed by atoms with Gasteiger partial charge in [0.2, 0.25) is 0 Å². The Bertz CT molecular complexity index is 817. The van der Waals surface area contributed by atoms with Crippen LogP contribution in [0.5, 0.6) is 5.75 Å². The van der Waals surface area contributed by atoms with Crippen LogP contribution in [0.2, 0.25) is 0 Å². The summed E-state index contributed by atoms with van der Waals surface area (Å²) in [6.07, 6.45) is 3.70. The summed E-state index contributed by atoms with van der Waals surface area (Å²) in [5, 5.41) is 14.0. The highest BCUT2D eigenvalue weighted by Gasteiger charge is 2.37. The highest BCUT2D eigenvalue weighted by Crippen LogP contribution is 2.50. The molecule has 28 heavy (non-hydrogen) atoms. The predicted octanol–water partition coefficient (Wildman–Crippen LogP) is 4.29. The number of benzene rings is 1. The van der Waals surface area contributed by atoms with Gasteiger partial charge in [0, 0.05) is 10.5 Å². The zero-order chi connectivity index (χ0) is 20.1. The maximum absolute atomic E-state index is 11.9. The van der Waals surface area contributed by atoms with E-state index in [1.54, 1.807) is 13.2 Å². The standard InChI is InChI=1S/C21H25NO5S/c1-3-17(22-26-2)21-16(12-15-7-8-18(21)28-15)13-5-4-6-14(11-13)27-20(25)10-9-19(23)24/h4-6,11,15,18H,3,7-10,12H2,1-2H3,(H,23,24)/t15?,18-/m0/s1. The number of rotatable bonds is 8. The molecule has 2 atom stereocenters. The van der Waals surface area contributed by atoms with Gasteiger partial charge in [-0.15, -0.1) is 11.8 Å². The Labute approximate surface area is 169 Å². The minimum absolute atomic E-state index is 0.144. The van der Waals surface area contributed by atoms with Crippen LogP contribution in [-0.4, -0.2) is 40.4 Å². The fourth-order valence-electron chi connectivity index (χ4n) is 3.79. The van der Waals surface area contributed by atoms with Gasteiger partial charge in [0.15, 0.2) is 0 Å². The minimum atomic E-state index is -1.01. The summed E-state index contributed by atoms with van der Waals surface area (Å²) < 4.78 is 5.35. The van der Waals surface area contributed by atoms with Crippen molar-refractivity contribution in [2.75, 3.05) is 7.11 Å². The van der Waals surface area contributed by atoms with Gasteiger partial charge >= 0.3 is 11.9 Å². The summed E-state index contributed by atoms with van der Waals surface area (Å²) in [5.74, 6) is -1.12.